The highest BCUT2D eigenvalue weighted by molar-refractivity contribution is 7.91. The summed E-state index contributed by atoms with van der Waals surface area (Å²) in [5.41, 5.74) is 0.0396. The lowest BCUT2D eigenvalue weighted by Gasteiger charge is -2.26. The molecule has 1 amide bonds. The van der Waals surface area contributed by atoms with Gasteiger partial charge in [-0.15, -0.1) is 0 Å². The van der Waals surface area contributed by atoms with E-state index in [2.05, 4.69) is 0 Å². The number of carbonyl (C=O) groups excluding carboxylic acids is 1. The number of nitrogens with zero attached hydrogens (tertiary/aromatic N) is 1. The number of fused-ring (bicyclic) bond motifs is 1. The van der Waals surface area contributed by atoms with Crippen LogP contribution in [0.4, 0.5) is 4.79 Å². The first-order chi connectivity index (χ1) is 9.19. The van der Waals surface area contributed by atoms with Gasteiger partial charge in [-0.2, -0.15) is 0 Å². The number of carbonyl (C=O) groups is 1. The number of amides is 1. The Morgan fingerprint density at radius 3 is 2.55 bits per heavy atom. The summed E-state index contributed by atoms with van der Waals surface area (Å²) in [5.74, 6) is -0.0801. The van der Waals surface area contributed by atoms with Gasteiger partial charge >= 0.3 is 6.09 Å². The van der Waals surface area contributed by atoms with Crippen molar-refractivity contribution < 1.29 is 17.9 Å². The molecule has 0 N–H and O–H groups in total. The van der Waals surface area contributed by atoms with E-state index in [4.69, 9.17) is 4.74 Å². The molecule has 1 aliphatic rings. The molecule has 2 rings (SSSR count). The number of benzene rings is 1. The van der Waals surface area contributed by atoms with E-state index in [9.17, 15) is 13.2 Å². The lowest BCUT2D eigenvalue weighted by molar-refractivity contribution is 0.0247. The van der Waals surface area contributed by atoms with Crippen LogP contribution in [0, 0.1) is 0 Å². The van der Waals surface area contributed by atoms with Gasteiger partial charge in [0.15, 0.2) is 9.84 Å². The molecule has 1 aromatic carbocycles. The molecule has 1 aliphatic heterocycles. The topological polar surface area (TPSA) is 63.7 Å². The van der Waals surface area contributed by atoms with Crippen LogP contribution in [0.3, 0.4) is 0 Å². The second-order valence-corrected chi connectivity index (χ2v) is 7.91. The fourth-order valence-electron chi connectivity index (χ4n) is 2.05. The Morgan fingerprint density at radius 2 is 1.90 bits per heavy atom. The third kappa shape index (κ3) is 3.30. The molecule has 0 saturated carbocycles. The Labute approximate surface area is 119 Å². The van der Waals surface area contributed by atoms with Crippen LogP contribution in [-0.2, 0) is 21.1 Å². The maximum absolute atomic E-state index is 12.2. The van der Waals surface area contributed by atoms with Crippen molar-refractivity contribution in [2.75, 3.05) is 12.3 Å². The molecule has 1 heterocycles. The van der Waals surface area contributed by atoms with Crippen LogP contribution < -0.4 is 0 Å². The van der Waals surface area contributed by atoms with Gasteiger partial charge < -0.3 is 9.64 Å². The average Bonchev–Trinajstić information content (AvgIpc) is 2.45. The zero-order valence-corrected chi connectivity index (χ0v) is 12.7. The Bertz CT molecular complexity index is 616. The Hall–Kier alpha value is -1.56. The summed E-state index contributed by atoms with van der Waals surface area (Å²) < 4.78 is 29.6. The zero-order chi connectivity index (χ0) is 15.0. The highest BCUT2D eigenvalue weighted by Crippen LogP contribution is 2.23. The Morgan fingerprint density at radius 1 is 1.25 bits per heavy atom. The van der Waals surface area contributed by atoms with Crippen LogP contribution in [0.2, 0.25) is 0 Å². The molecule has 110 valence electrons. The molecule has 0 aromatic heterocycles. The second-order valence-electron chi connectivity index (χ2n) is 5.83. The molecule has 0 unspecified atom stereocenters. The van der Waals surface area contributed by atoms with Gasteiger partial charge in [0.05, 0.1) is 17.2 Å². The lowest BCUT2D eigenvalue weighted by atomic mass is 10.2. The normalized spacial score (nSPS) is 18.1. The molecule has 5 nitrogen and oxygen atoms in total. The van der Waals surface area contributed by atoms with Crippen LogP contribution in [0.1, 0.15) is 26.3 Å². The molecule has 0 fully saturated rings. The summed E-state index contributed by atoms with van der Waals surface area (Å²) >= 11 is 0. The Kier molecular flexibility index (Phi) is 3.77. The van der Waals surface area contributed by atoms with Crippen molar-refractivity contribution in [2.45, 2.75) is 37.8 Å². The third-order valence-electron chi connectivity index (χ3n) is 2.95. The molecule has 1 aromatic rings. The fraction of sp³-hybridized carbons (Fsp3) is 0.500. The van der Waals surface area contributed by atoms with Gasteiger partial charge in [-0.25, -0.2) is 13.2 Å². The van der Waals surface area contributed by atoms with E-state index >= 15 is 0 Å². The largest absolute Gasteiger partial charge is 0.444 e. The molecule has 20 heavy (non-hydrogen) atoms. The van der Waals surface area contributed by atoms with Crippen LogP contribution in [0.15, 0.2) is 29.2 Å². The van der Waals surface area contributed by atoms with Crippen molar-refractivity contribution in [3.63, 3.8) is 0 Å². The standard InChI is InChI=1S/C14H19NO4S/c1-14(2,3)19-13(16)15-8-9-20(17,18)12-7-5-4-6-11(12)10-15/h4-7H,8-10H2,1-3H3. The maximum Gasteiger partial charge on any atom is 0.410 e. The van der Waals surface area contributed by atoms with Gasteiger partial charge in [-0.1, -0.05) is 18.2 Å². The predicted octanol–water partition coefficient (Wildman–Crippen LogP) is 2.21. The average molecular weight is 297 g/mol. The highest BCUT2D eigenvalue weighted by Gasteiger charge is 2.29. The number of ether oxygens (including phenoxy) is 1. The number of hydrogen-bond donors (Lipinski definition) is 0. The summed E-state index contributed by atoms with van der Waals surface area (Å²) in [4.78, 5) is 13.8. The molecule has 0 atom stereocenters. The van der Waals surface area contributed by atoms with Crippen molar-refractivity contribution >= 4 is 15.9 Å². The first-order valence-electron chi connectivity index (χ1n) is 6.48. The molecule has 0 saturated heterocycles. The summed E-state index contributed by atoms with van der Waals surface area (Å²) in [6.07, 6.45) is -0.482. The monoisotopic (exact) mass is 297 g/mol. The molecule has 0 aliphatic carbocycles. The van der Waals surface area contributed by atoms with E-state index in [1.165, 1.54) is 4.90 Å². The van der Waals surface area contributed by atoms with Gasteiger partial charge in [0.2, 0.25) is 0 Å². The van der Waals surface area contributed by atoms with Crippen molar-refractivity contribution in [1.82, 2.24) is 4.90 Å². The molecular weight excluding hydrogens is 278 g/mol. The van der Waals surface area contributed by atoms with Crippen LogP contribution in [-0.4, -0.2) is 37.3 Å². The van der Waals surface area contributed by atoms with Crippen molar-refractivity contribution in [2.24, 2.45) is 0 Å². The molecule has 0 radical (unpaired) electrons. The van der Waals surface area contributed by atoms with Crippen LogP contribution in [0.5, 0.6) is 0 Å². The number of rotatable bonds is 0. The zero-order valence-electron chi connectivity index (χ0n) is 11.9. The fourth-order valence-corrected chi connectivity index (χ4v) is 3.54. The van der Waals surface area contributed by atoms with E-state index in [1.54, 1.807) is 45.0 Å². The van der Waals surface area contributed by atoms with Crippen LogP contribution in [0.25, 0.3) is 0 Å². The van der Waals surface area contributed by atoms with E-state index in [0.717, 1.165) is 0 Å². The highest BCUT2D eigenvalue weighted by atomic mass is 32.2. The quantitative estimate of drug-likeness (QED) is 0.736. The van der Waals surface area contributed by atoms with Gasteiger partial charge in [0.1, 0.15) is 5.60 Å². The first-order valence-corrected chi connectivity index (χ1v) is 8.13. The van der Waals surface area contributed by atoms with Crippen molar-refractivity contribution in [1.29, 1.82) is 0 Å². The second kappa shape index (κ2) is 5.09. The van der Waals surface area contributed by atoms with Gasteiger partial charge in [-0.3, -0.25) is 0 Å². The smallest absolute Gasteiger partial charge is 0.410 e. The van der Waals surface area contributed by atoms with Crippen LogP contribution >= 0.6 is 0 Å². The lowest BCUT2D eigenvalue weighted by Crippen LogP contribution is -2.37. The minimum Gasteiger partial charge on any atom is -0.444 e. The Balaban J connectivity index is 2.29. The van der Waals surface area contributed by atoms with E-state index < -0.39 is 21.5 Å². The van der Waals surface area contributed by atoms with Crippen molar-refractivity contribution in [3.8, 4) is 0 Å². The van der Waals surface area contributed by atoms with Gasteiger partial charge in [-0.05, 0) is 32.4 Å². The first kappa shape index (κ1) is 14.8. The maximum atomic E-state index is 12.2. The van der Waals surface area contributed by atoms with Gasteiger partial charge in [0, 0.05) is 6.54 Å². The molecule has 6 heteroatoms. The minimum absolute atomic E-state index is 0.0801. The summed E-state index contributed by atoms with van der Waals surface area (Å²) in [7, 11) is -3.34. The minimum atomic E-state index is -3.34. The predicted molar refractivity (Wildman–Crippen MR) is 75.1 cm³/mol. The van der Waals surface area contributed by atoms with Gasteiger partial charge in [0.25, 0.3) is 0 Å². The van der Waals surface area contributed by atoms with Crippen molar-refractivity contribution in [3.05, 3.63) is 29.8 Å². The summed E-state index contributed by atoms with van der Waals surface area (Å²) in [6.45, 7) is 5.75. The molecular formula is C14H19NO4S. The third-order valence-corrected chi connectivity index (χ3v) is 4.74. The molecule has 0 bridgehead atoms. The molecule has 0 spiro atoms. The van der Waals surface area contributed by atoms with E-state index in [0.29, 0.717) is 10.5 Å². The van der Waals surface area contributed by atoms with E-state index in [1.807, 2.05) is 0 Å². The summed E-state index contributed by atoms with van der Waals surface area (Å²) in [5, 5.41) is 0. The summed E-state index contributed by atoms with van der Waals surface area (Å²) in [6, 6.07) is 6.78. The number of hydrogen-bond acceptors (Lipinski definition) is 4. The van der Waals surface area contributed by atoms with E-state index in [-0.39, 0.29) is 18.8 Å². The number of sulfone groups is 1. The SMILES string of the molecule is CC(C)(C)OC(=O)N1CCS(=O)(=O)c2ccccc2C1.